The minimum absolute atomic E-state index is 0.188. The third kappa shape index (κ3) is 6.73. The van der Waals surface area contributed by atoms with Gasteiger partial charge in [-0.15, -0.1) is 0 Å². The summed E-state index contributed by atoms with van der Waals surface area (Å²) in [6.45, 7) is 3.69. The zero-order chi connectivity index (χ0) is 20.9. The molecular weight excluding hydrogens is 410 g/mol. The van der Waals surface area contributed by atoms with Gasteiger partial charge >= 0.3 is 0 Å². The largest absolute Gasteiger partial charge is 0.348 e. The normalized spacial score (nSPS) is 15.1. The van der Waals surface area contributed by atoms with Crippen molar-refractivity contribution in [2.24, 2.45) is 0 Å². The topological polar surface area (TPSA) is 78.5 Å². The molecule has 8 heteroatoms. The summed E-state index contributed by atoms with van der Waals surface area (Å²) in [5.41, 5.74) is 2.90. The number of hydrogen-bond donors (Lipinski definition) is 2. The highest BCUT2D eigenvalue weighted by atomic mass is 35.5. The van der Waals surface area contributed by atoms with E-state index in [4.69, 9.17) is 11.6 Å². The third-order valence-electron chi connectivity index (χ3n) is 4.85. The van der Waals surface area contributed by atoms with Crippen LogP contribution < -0.4 is 10.0 Å². The molecule has 1 aliphatic heterocycles. The lowest BCUT2D eigenvalue weighted by molar-refractivity contribution is 0.0951. The third-order valence-corrected chi connectivity index (χ3v) is 5.77. The van der Waals surface area contributed by atoms with Crippen molar-refractivity contribution in [1.82, 2.24) is 10.2 Å². The summed E-state index contributed by atoms with van der Waals surface area (Å²) in [4.78, 5) is 14.9. The average Bonchev–Trinajstić information content (AvgIpc) is 2.67. The fourth-order valence-electron chi connectivity index (χ4n) is 3.39. The Morgan fingerprint density at radius 1 is 1.03 bits per heavy atom. The molecule has 1 heterocycles. The van der Waals surface area contributed by atoms with Crippen molar-refractivity contribution in [3.05, 3.63) is 64.2 Å². The van der Waals surface area contributed by atoms with E-state index in [-0.39, 0.29) is 10.9 Å². The van der Waals surface area contributed by atoms with Crippen LogP contribution in [0.1, 0.15) is 40.7 Å². The number of carbonyl (C=O) groups excluding carboxylic acids is 1. The molecule has 0 bridgehead atoms. The second-order valence-corrected chi connectivity index (χ2v) is 9.56. The molecule has 0 atom stereocenters. The molecule has 1 fully saturated rings. The highest BCUT2D eigenvalue weighted by Gasteiger charge is 2.13. The van der Waals surface area contributed by atoms with Crippen LogP contribution in [0.25, 0.3) is 0 Å². The lowest BCUT2D eigenvalue weighted by atomic mass is 10.1. The molecule has 156 valence electrons. The highest BCUT2D eigenvalue weighted by molar-refractivity contribution is 7.92. The number of carbonyl (C=O) groups is 1. The van der Waals surface area contributed by atoms with E-state index in [1.807, 2.05) is 12.1 Å². The number of anilines is 1. The summed E-state index contributed by atoms with van der Waals surface area (Å²) in [6.07, 6.45) is 4.94. The Bertz CT molecular complexity index is 956. The summed E-state index contributed by atoms with van der Waals surface area (Å²) in [7, 11) is -3.40. The summed E-state index contributed by atoms with van der Waals surface area (Å²) in [5, 5.41) is 3.04. The first-order valence-electron chi connectivity index (χ1n) is 9.66. The molecule has 29 heavy (non-hydrogen) atoms. The summed E-state index contributed by atoms with van der Waals surface area (Å²) in [6, 6.07) is 12.7. The van der Waals surface area contributed by atoms with Gasteiger partial charge in [-0.3, -0.25) is 14.4 Å². The number of nitrogens with zero attached hydrogens (tertiary/aromatic N) is 1. The van der Waals surface area contributed by atoms with Crippen LogP contribution in [-0.4, -0.2) is 38.6 Å². The molecule has 0 saturated carbocycles. The Hall–Kier alpha value is -2.09. The van der Waals surface area contributed by atoms with E-state index in [1.54, 1.807) is 0 Å². The van der Waals surface area contributed by atoms with Gasteiger partial charge in [0.05, 0.1) is 16.8 Å². The molecule has 0 aromatic heterocycles. The van der Waals surface area contributed by atoms with Crippen molar-refractivity contribution in [1.29, 1.82) is 0 Å². The molecule has 3 rings (SSSR count). The molecule has 0 unspecified atom stereocenters. The Labute approximate surface area is 177 Å². The van der Waals surface area contributed by atoms with E-state index in [0.29, 0.717) is 17.8 Å². The zero-order valence-corrected chi connectivity index (χ0v) is 18.0. The summed E-state index contributed by atoms with van der Waals surface area (Å²) < 4.78 is 24.9. The average molecular weight is 436 g/mol. The Kier molecular flexibility index (Phi) is 7.16. The number of piperidine rings is 1. The number of amides is 1. The molecule has 0 aliphatic carbocycles. The number of benzene rings is 2. The van der Waals surface area contributed by atoms with E-state index in [0.717, 1.165) is 31.5 Å². The zero-order valence-electron chi connectivity index (χ0n) is 16.4. The van der Waals surface area contributed by atoms with E-state index < -0.39 is 10.0 Å². The first-order valence-corrected chi connectivity index (χ1v) is 11.9. The lowest BCUT2D eigenvalue weighted by Gasteiger charge is -2.26. The van der Waals surface area contributed by atoms with Gasteiger partial charge in [0.1, 0.15) is 0 Å². The van der Waals surface area contributed by atoms with Crippen LogP contribution in [0.5, 0.6) is 0 Å². The van der Waals surface area contributed by atoms with Gasteiger partial charge in [0.2, 0.25) is 10.0 Å². The maximum atomic E-state index is 12.4. The van der Waals surface area contributed by atoms with Gasteiger partial charge in [0.25, 0.3) is 5.91 Å². The number of nitrogens with one attached hydrogen (secondary N) is 2. The minimum Gasteiger partial charge on any atom is -0.348 e. The van der Waals surface area contributed by atoms with Crippen LogP contribution in [-0.2, 0) is 23.1 Å². The molecule has 1 saturated heterocycles. The molecule has 1 amide bonds. The molecule has 1 aliphatic rings. The minimum atomic E-state index is -3.40. The quantitative estimate of drug-likeness (QED) is 0.696. The number of likely N-dealkylation sites (tertiary alicyclic amines) is 1. The molecule has 2 aromatic carbocycles. The van der Waals surface area contributed by atoms with Gasteiger partial charge in [-0.05, 0) is 55.3 Å². The lowest BCUT2D eigenvalue weighted by Crippen LogP contribution is -2.29. The van der Waals surface area contributed by atoms with Crippen molar-refractivity contribution in [2.45, 2.75) is 32.4 Å². The fourth-order valence-corrected chi connectivity index (χ4v) is 4.21. The van der Waals surface area contributed by atoms with E-state index in [9.17, 15) is 13.2 Å². The highest BCUT2D eigenvalue weighted by Crippen LogP contribution is 2.22. The van der Waals surface area contributed by atoms with Crippen LogP contribution in [0.2, 0.25) is 5.02 Å². The first-order chi connectivity index (χ1) is 13.8. The monoisotopic (exact) mass is 435 g/mol. The number of sulfonamides is 1. The number of halogens is 1. The second-order valence-electron chi connectivity index (χ2n) is 7.40. The van der Waals surface area contributed by atoms with Gasteiger partial charge in [0, 0.05) is 18.8 Å². The SMILES string of the molecule is CS(=O)(=O)Nc1ccc(C(=O)NCc2ccc(CN3CCCCC3)cc2)c(Cl)c1. The van der Waals surface area contributed by atoms with Crippen LogP contribution >= 0.6 is 11.6 Å². The fraction of sp³-hybridized carbons (Fsp3) is 0.381. The van der Waals surface area contributed by atoms with Crippen LogP contribution in [0.15, 0.2) is 42.5 Å². The van der Waals surface area contributed by atoms with Gasteiger partial charge < -0.3 is 5.32 Å². The van der Waals surface area contributed by atoms with Gasteiger partial charge in [-0.1, -0.05) is 42.3 Å². The summed E-state index contributed by atoms with van der Waals surface area (Å²) in [5.74, 6) is -0.307. The number of hydrogen-bond acceptors (Lipinski definition) is 4. The standard InChI is InChI=1S/C21H26ClN3O3S/c1-29(27,28)24-18-9-10-19(20(22)13-18)21(26)23-14-16-5-7-17(8-6-16)15-25-11-3-2-4-12-25/h5-10,13,24H,2-4,11-12,14-15H2,1H3,(H,23,26). The predicted octanol–water partition coefficient (Wildman–Crippen LogP) is 3.63. The molecule has 6 nitrogen and oxygen atoms in total. The van der Waals surface area contributed by atoms with Crippen LogP contribution in [0.3, 0.4) is 0 Å². The van der Waals surface area contributed by atoms with E-state index >= 15 is 0 Å². The molecule has 2 N–H and O–H groups in total. The maximum absolute atomic E-state index is 12.4. The van der Waals surface area contributed by atoms with Gasteiger partial charge in [-0.25, -0.2) is 8.42 Å². The van der Waals surface area contributed by atoms with Gasteiger partial charge in [-0.2, -0.15) is 0 Å². The van der Waals surface area contributed by atoms with Crippen LogP contribution in [0, 0.1) is 0 Å². The predicted molar refractivity (Wildman–Crippen MR) is 117 cm³/mol. The molecule has 0 radical (unpaired) electrons. The Morgan fingerprint density at radius 3 is 2.31 bits per heavy atom. The Morgan fingerprint density at radius 2 is 1.69 bits per heavy atom. The van der Waals surface area contributed by atoms with Crippen molar-refractivity contribution in [3.63, 3.8) is 0 Å². The van der Waals surface area contributed by atoms with Crippen molar-refractivity contribution in [3.8, 4) is 0 Å². The van der Waals surface area contributed by atoms with Gasteiger partial charge in [0.15, 0.2) is 0 Å². The number of rotatable bonds is 7. The summed E-state index contributed by atoms with van der Waals surface area (Å²) >= 11 is 6.15. The van der Waals surface area contributed by atoms with Crippen molar-refractivity contribution < 1.29 is 13.2 Å². The van der Waals surface area contributed by atoms with E-state index in [2.05, 4.69) is 27.1 Å². The molecule has 2 aromatic rings. The maximum Gasteiger partial charge on any atom is 0.253 e. The Balaban J connectivity index is 1.54. The van der Waals surface area contributed by atoms with Crippen molar-refractivity contribution in [2.75, 3.05) is 24.1 Å². The van der Waals surface area contributed by atoms with Crippen molar-refractivity contribution >= 4 is 33.2 Å². The smallest absolute Gasteiger partial charge is 0.253 e. The van der Waals surface area contributed by atoms with Crippen LogP contribution in [0.4, 0.5) is 5.69 Å². The molecular formula is C21H26ClN3O3S. The first kappa shape index (κ1) is 21.6. The molecule has 0 spiro atoms. The second kappa shape index (κ2) is 9.61. The van der Waals surface area contributed by atoms with E-state index in [1.165, 1.54) is 43.0 Å².